The summed E-state index contributed by atoms with van der Waals surface area (Å²) in [6.45, 7) is 2.37. The van der Waals surface area contributed by atoms with Gasteiger partial charge in [-0.05, 0) is 38.2 Å². The fourth-order valence-electron chi connectivity index (χ4n) is 3.49. The molecule has 2 fully saturated rings. The lowest BCUT2D eigenvalue weighted by Crippen LogP contribution is -2.31. The lowest BCUT2D eigenvalue weighted by Gasteiger charge is -2.29. The van der Waals surface area contributed by atoms with Gasteiger partial charge < -0.3 is 0 Å². The van der Waals surface area contributed by atoms with E-state index in [2.05, 4.69) is 42.2 Å². The summed E-state index contributed by atoms with van der Waals surface area (Å²) in [5, 5.41) is 0. The molecule has 2 heterocycles. The van der Waals surface area contributed by atoms with E-state index >= 15 is 0 Å². The first-order valence-corrected chi connectivity index (χ1v) is 6.18. The Labute approximate surface area is 92.1 Å². The fourth-order valence-corrected chi connectivity index (χ4v) is 3.49. The second kappa shape index (κ2) is 3.64. The van der Waals surface area contributed by atoms with Gasteiger partial charge in [0.15, 0.2) is 0 Å². The summed E-state index contributed by atoms with van der Waals surface area (Å²) in [5.41, 5.74) is 1.48. The molecule has 1 aromatic rings. The van der Waals surface area contributed by atoms with Crippen LogP contribution in [0.4, 0.5) is 0 Å². The van der Waals surface area contributed by atoms with Crippen molar-refractivity contribution < 1.29 is 0 Å². The van der Waals surface area contributed by atoms with Crippen LogP contribution >= 0.6 is 0 Å². The third kappa shape index (κ3) is 1.50. The average Bonchev–Trinajstić information content (AvgIpc) is 2.89. The molecule has 1 atom stereocenters. The minimum absolute atomic E-state index is 0.617. The maximum Gasteiger partial charge on any atom is 0.0325 e. The highest BCUT2D eigenvalue weighted by molar-refractivity contribution is 5.19. The molecule has 0 amide bonds. The highest BCUT2D eigenvalue weighted by atomic mass is 15.3. The van der Waals surface area contributed by atoms with Crippen LogP contribution in [0.2, 0.25) is 0 Å². The molecule has 0 N–H and O–H groups in total. The zero-order valence-electron chi connectivity index (χ0n) is 9.39. The van der Waals surface area contributed by atoms with Crippen molar-refractivity contribution in [2.75, 3.05) is 0 Å². The average molecular weight is 201 g/mol. The molecule has 1 nitrogen and oxygen atoms in total. The summed E-state index contributed by atoms with van der Waals surface area (Å²) in [5.74, 6) is 0. The molecule has 80 valence electrons. The molecule has 3 rings (SSSR count). The minimum atomic E-state index is 0.617. The summed E-state index contributed by atoms with van der Waals surface area (Å²) in [6.07, 6.45) is 5.73. The third-order valence-corrected chi connectivity index (χ3v) is 4.24. The van der Waals surface area contributed by atoms with Crippen LogP contribution in [0.5, 0.6) is 0 Å². The highest BCUT2D eigenvalue weighted by Crippen LogP contribution is 2.42. The van der Waals surface area contributed by atoms with Crippen molar-refractivity contribution in [1.82, 2.24) is 4.90 Å². The first-order chi connectivity index (χ1) is 7.36. The van der Waals surface area contributed by atoms with Gasteiger partial charge >= 0.3 is 0 Å². The van der Waals surface area contributed by atoms with Gasteiger partial charge in [0.05, 0.1) is 0 Å². The van der Waals surface area contributed by atoms with Crippen LogP contribution < -0.4 is 0 Å². The summed E-state index contributed by atoms with van der Waals surface area (Å²) < 4.78 is 0. The van der Waals surface area contributed by atoms with Crippen molar-refractivity contribution in [3.63, 3.8) is 0 Å². The summed E-state index contributed by atoms with van der Waals surface area (Å²) in [6, 6.07) is 13.3. The van der Waals surface area contributed by atoms with Gasteiger partial charge in [0.25, 0.3) is 0 Å². The van der Waals surface area contributed by atoms with Crippen molar-refractivity contribution in [3.8, 4) is 0 Å². The Balaban J connectivity index is 1.83. The van der Waals surface area contributed by atoms with E-state index in [0.717, 1.165) is 12.1 Å². The number of benzene rings is 1. The van der Waals surface area contributed by atoms with Gasteiger partial charge in [-0.3, -0.25) is 4.90 Å². The van der Waals surface area contributed by atoms with E-state index in [4.69, 9.17) is 0 Å². The van der Waals surface area contributed by atoms with E-state index in [9.17, 15) is 0 Å². The molecule has 0 aromatic heterocycles. The topological polar surface area (TPSA) is 3.24 Å². The maximum atomic E-state index is 2.76. The zero-order valence-corrected chi connectivity index (χ0v) is 9.39. The number of hydrogen-bond acceptors (Lipinski definition) is 1. The molecule has 2 aliphatic rings. The predicted octanol–water partition coefficient (Wildman–Crippen LogP) is 3.37. The number of nitrogens with zero attached hydrogens (tertiary/aromatic N) is 1. The molecule has 15 heavy (non-hydrogen) atoms. The quantitative estimate of drug-likeness (QED) is 0.709. The number of fused-ring (bicyclic) bond motifs is 2. The van der Waals surface area contributed by atoms with Crippen LogP contribution in [0, 0.1) is 0 Å². The Morgan fingerprint density at radius 2 is 1.53 bits per heavy atom. The second-order valence-corrected chi connectivity index (χ2v) is 5.00. The van der Waals surface area contributed by atoms with E-state index in [0.29, 0.717) is 6.04 Å². The Bertz CT molecular complexity index is 312. The van der Waals surface area contributed by atoms with Gasteiger partial charge in [0, 0.05) is 18.1 Å². The molecule has 0 saturated carbocycles. The van der Waals surface area contributed by atoms with Crippen molar-refractivity contribution in [1.29, 1.82) is 0 Å². The summed E-state index contributed by atoms with van der Waals surface area (Å²) in [7, 11) is 0. The first kappa shape index (κ1) is 9.41. The van der Waals surface area contributed by atoms with E-state index in [1.165, 1.54) is 31.2 Å². The van der Waals surface area contributed by atoms with Crippen LogP contribution in [-0.4, -0.2) is 17.0 Å². The molecule has 1 heteroatoms. The third-order valence-electron chi connectivity index (χ3n) is 4.24. The molecular weight excluding hydrogens is 182 g/mol. The SMILES string of the molecule is CC(c1ccccc1)N1C2CCC1CC2. The van der Waals surface area contributed by atoms with Crippen LogP contribution in [0.15, 0.2) is 30.3 Å². The number of rotatable bonds is 2. The maximum absolute atomic E-state index is 2.76. The largest absolute Gasteiger partial charge is 0.291 e. The molecule has 1 unspecified atom stereocenters. The van der Waals surface area contributed by atoms with E-state index < -0.39 is 0 Å². The molecule has 0 spiro atoms. The Kier molecular flexibility index (Phi) is 2.28. The Morgan fingerprint density at radius 1 is 1.00 bits per heavy atom. The predicted molar refractivity (Wildman–Crippen MR) is 62.7 cm³/mol. The van der Waals surface area contributed by atoms with Crippen molar-refractivity contribution in [2.45, 2.75) is 50.7 Å². The Morgan fingerprint density at radius 3 is 2.07 bits per heavy atom. The van der Waals surface area contributed by atoms with Gasteiger partial charge in [-0.2, -0.15) is 0 Å². The normalized spacial score (nSPS) is 32.1. The summed E-state index contributed by atoms with van der Waals surface area (Å²) >= 11 is 0. The van der Waals surface area contributed by atoms with Crippen molar-refractivity contribution in [2.24, 2.45) is 0 Å². The molecule has 1 aromatic carbocycles. The lowest BCUT2D eigenvalue weighted by atomic mass is 10.0. The number of hydrogen-bond donors (Lipinski definition) is 0. The molecule has 0 radical (unpaired) electrons. The van der Waals surface area contributed by atoms with E-state index in [1.54, 1.807) is 0 Å². The zero-order chi connectivity index (χ0) is 10.3. The monoisotopic (exact) mass is 201 g/mol. The van der Waals surface area contributed by atoms with Crippen molar-refractivity contribution >= 4 is 0 Å². The molecule has 2 aliphatic heterocycles. The van der Waals surface area contributed by atoms with Gasteiger partial charge in [-0.15, -0.1) is 0 Å². The highest BCUT2D eigenvalue weighted by Gasteiger charge is 2.41. The molecular formula is C14H19N. The van der Waals surface area contributed by atoms with Crippen LogP contribution in [-0.2, 0) is 0 Å². The summed E-state index contributed by atoms with van der Waals surface area (Å²) in [4.78, 5) is 2.76. The molecule has 2 saturated heterocycles. The lowest BCUT2D eigenvalue weighted by molar-refractivity contribution is 0.189. The minimum Gasteiger partial charge on any atom is -0.291 e. The van der Waals surface area contributed by atoms with Crippen molar-refractivity contribution in [3.05, 3.63) is 35.9 Å². The van der Waals surface area contributed by atoms with Gasteiger partial charge in [-0.1, -0.05) is 30.3 Å². The van der Waals surface area contributed by atoms with E-state index in [1.807, 2.05) is 0 Å². The fraction of sp³-hybridized carbons (Fsp3) is 0.571. The van der Waals surface area contributed by atoms with Crippen LogP contribution in [0.1, 0.15) is 44.2 Å². The van der Waals surface area contributed by atoms with Gasteiger partial charge in [-0.25, -0.2) is 0 Å². The smallest absolute Gasteiger partial charge is 0.0325 e. The Hall–Kier alpha value is -0.820. The van der Waals surface area contributed by atoms with Crippen LogP contribution in [0.3, 0.4) is 0 Å². The van der Waals surface area contributed by atoms with Crippen LogP contribution in [0.25, 0.3) is 0 Å². The molecule has 0 aliphatic carbocycles. The van der Waals surface area contributed by atoms with Gasteiger partial charge in [0.2, 0.25) is 0 Å². The van der Waals surface area contributed by atoms with E-state index in [-0.39, 0.29) is 0 Å². The second-order valence-electron chi connectivity index (χ2n) is 5.00. The standard InChI is InChI=1S/C14H19N/c1-11(12-5-3-2-4-6-12)15-13-7-8-14(15)10-9-13/h2-6,11,13-14H,7-10H2,1H3. The van der Waals surface area contributed by atoms with Gasteiger partial charge in [0.1, 0.15) is 0 Å². The first-order valence-electron chi connectivity index (χ1n) is 6.18. The molecule has 2 bridgehead atoms.